The van der Waals surface area contributed by atoms with Crippen LogP contribution in [0.15, 0.2) is 48.8 Å². The molecule has 3 aromatic rings. The van der Waals surface area contributed by atoms with Crippen LogP contribution >= 0.6 is 11.8 Å². The monoisotopic (exact) mass is 397 g/mol. The van der Waals surface area contributed by atoms with Crippen molar-refractivity contribution in [2.45, 2.75) is 18.1 Å². The quantitative estimate of drug-likeness (QED) is 0.660. The van der Waals surface area contributed by atoms with Gasteiger partial charge in [0, 0.05) is 36.0 Å². The summed E-state index contributed by atoms with van der Waals surface area (Å²) < 4.78 is 14.8. The summed E-state index contributed by atoms with van der Waals surface area (Å²) in [5, 5.41) is 9.75. The number of nitrogens with zero attached hydrogens (tertiary/aromatic N) is 3. The van der Waals surface area contributed by atoms with Gasteiger partial charge in [-0.25, -0.2) is 9.07 Å². The van der Waals surface area contributed by atoms with Crippen LogP contribution < -0.4 is 10.6 Å². The maximum Gasteiger partial charge on any atom is 0.314 e. The van der Waals surface area contributed by atoms with Gasteiger partial charge in [0.05, 0.1) is 11.4 Å². The molecule has 2 amide bonds. The van der Waals surface area contributed by atoms with E-state index >= 15 is 0 Å². The van der Waals surface area contributed by atoms with Gasteiger partial charge >= 0.3 is 11.8 Å². The highest BCUT2D eigenvalue weighted by Crippen LogP contribution is 2.36. The van der Waals surface area contributed by atoms with Gasteiger partial charge in [-0.2, -0.15) is 16.9 Å². The first-order chi connectivity index (χ1) is 13.6. The number of carbonyl (C=O) groups excluding carboxylic acids is 2. The van der Waals surface area contributed by atoms with Gasteiger partial charge in [-0.15, -0.1) is 0 Å². The number of amides is 2. The van der Waals surface area contributed by atoms with Crippen LogP contribution in [0.5, 0.6) is 0 Å². The fourth-order valence-electron chi connectivity index (χ4n) is 2.84. The number of pyridine rings is 1. The van der Waals surface area contributed by atoms with Crippen LogP contribution in [-0.4, -0.2) is 26.6 Å². The molecule has 0 spiro atoms. The number of nitrogens with one attached hydrogen (secondary N) is 2. The molecular formula is C19H16FN5O2S. The second-order valence-corrected chi connectivity index (χ2v) is 7.14. The van der Waals surface area contributed by atoms with E-state index in [1.54, 1.807) is 48.4 Å². The lowest BCUT2D eigenvalue weighted by Crippen LogP contribution is -2.35. The average molecular weight is 397 g/mol. The normalized spacial score (nSPS) is 12.5. The summed E-state index contributed by atoms with van der Waals surface area (Å²) in [6.07, 6.45) is 3.25. The number of halogens is 1. The number of fused-ring (bicyclic) bond motifs is 1. The molecule has 0 aliphatic carbocycles. The summed E-state index contributed by atoms with van der Waals surface area (Å²) in [6, 6.07) is 9.35. The van der Waals surface area contributed by atoms with Gasteiger partial charge < -0.3 is 10.6 Å². The Balaban J connectivity index is 1.53. The first-order valence-corrected chi connectivity index (χ1v) is 9.70. The molecule has 1 aromatic carbocycles. The van der Waals surface area contributed by atoms with Gasteiger partial charge in [0.25, 0.3) is 0 Å². The van der Waals surface area contributed by atoms with Crippen LogP contribution in [0.1, 0.15) is 16.8 Å². The Morgan fingerprint density at radius 3 is 2.71 bits per heavy atom. The Morgan fingerprint density at radius 1 is 1.14 bits per heavy atom. The van der Waals surface area contributed by atoms with E-state index in [0.29, 0.717) is 17.3 Å². The number of benzene rings is 1. The van der Waals surface area contributed by atoms with Crippen LogP contribution in [0.25, 0.3) is 5.69 Å². The maximum absolute atomic E-state index is 13.2. The Morgan fingerprint density at radius 2 is 1.96 bits per heavy atom. The number of rotatable bonds is 4. The smallest absolute Gasteiger partial charge is 0.314 e. The summed E-state index contributed by atoms with van der Waals surface area (Å²) >= 11 is 1.68. The third-order valence-corrected chi connectivity index (χ3v) is 5.21. The van der Waals surface area contributed by atoms with E-state index in [1.807, 2.05) is 0 Å². The van der Waals surface area contributed by atoms with Crippen molar-refractivity contribution in [1.82, 2.24) is 20.1 Å². The largest absolute Gasteiger partial charge is 0.344 e. The van der Waals surface area contributed by atoms with Crippen molar-refractivity contribution in [3.8, 4) is 5.69 Å². The van der Waals surface area contributed by atoms with Gasteiger partial charge in [-0.1, -0.05) is 6.07 Å². The Kier molecular flexibility index (Phi) is 5.07. The molecule has 2 N–H and O–H groups in total. The molecule has 0 bridgehead atoms. The molecule has 1 aliphatic rings. The van der Waals surface area contributed by atoms with Crippen molar-refractivity contribution in [1.29, 1.82) is 0 Å². The summed E-state index contributed by atoms with van der Waals surface area (Å²) in [6.45, 7) is 0.200. The summed E-state index contributed by atoms with van der Waals surface area (Å²) in [7, 11) is 0. The second-order valence-electron chi connectivity index (χ2n) is 6.15. The number of thioether (sulfide) groups is 1. The Hall–Kier alpha value is -3.20. The molecule has 0 saturated heterocycles. The molecule has 4 rings (SSSR count). The van der Waals surface area contributed by atoms with Crippen molar-refractivity contribution in [3.05, 3.63) is 71.4 Å². The topological polar surface area (TPSA) is 88.9 Å². The van der Waals surface area contributed by atoms with Crippen LogP contribution in [0.4, 0.5) is 10.2 Å². The zero-order valence-electron chi connectivity index (χ0n) is 14.7. The van der Waals surface area contributed by atoms with E-state index in [2.05, 4.69) is 20.7 Å². The molecule has 0 saturated carbocycles. The highest BCUT2D eigenvalue weighted by atomic mass is 32.2. The van der Waals surface area contributed by atoms with Crippen molar-refractivity contribution in [2.24, 2.45) is 0 Å². The number of carbonyl (C=O) groups is 2. The molecule has 9 heteroatoms. The lowest BCUT2D eigenvalue weighted by Gasteiger charge is -2.11. The number of hydrogen-bond acceptors (Lipinski definition) is 5. The average Bonchev–Trinajstić information content (AvgIpc) is 3.30. The first-order valence-electron chi connectivity index (χ1n) is 8.54. The first kappa shape index (κ1) is 18.2. The molecule has 142 valence electrons. The molecule has 2 aromatic heterocycles. The van der Waals surface area contributed by atoms with Crippen molar-refractivity contribution >= 4 is 29.4 Å². The van der Waals surface area contributed by atoms with Crippen LogP contribution in [0.3, 0.4) is 0 Å². The lowest BCUT2D eigenvalue weighted by atomic mass is 10.2. The summed E-state index contributed by atoms with van der Waals surface area (Å²) in [4.78, 5) is 28.6. The standard InChI is InChI=1S/C19H16FN5O2S/c20-13-3-5-14(6-4-13)25-17(15-10-28-11-16(15)24-25)23-19(27)18(26)22-9-12-2-1-7-21-8-12/h1-8H,9-11H2,(H,22,26)(H,23,27). The minimum atomic E-state index is -0.785. The van der Waals surface area contributed by atoms with E-state index in [0.717, 1.165) is 22.6 Å². The third-order valence-electron chi connectivity index (χ3n) is 4.24. The summed E-state index contributed by atoms with van der Waals surface area (Å²) in [5.41, 5.74) is 3.12. The van der Waals surface area contributed by atoms with E-state index < -0.39 is 11.8 Å². The minimum absolute atomic E-state index is 0.200. The predicted molar refractivity (Wildman–Crippen MR) is 103 cm³/mol. The fraction of sp³-hybridized carbons (Fsp3) is 0.158. The summed E-state index contributed by atoms with van der Waals surface area (Å²) in [5.74, 6) is -0.0577. The zero-order valence-corrected chi connectivity index (χ0v) is 15.5. The Bertz CT molecular complexity index is 1020. The van der Waals surface area contributed by atoms with E-state index in [9.17, 15) is 14.0 Å². The molecule has 0 atom stereocenters. The highest BCUT2D eigenvalue weighted by molar-refractivity contribution is 7.98. The van der Waals surface area contributed by atoms with Crippen LogP contribution in [-0.2, 0) is 27.6 Å². The van der Waals surface area contributed by atoms with Gasteiger partial charge in [0.15, 0.2) is 0 Å². The van der Waals surface area contributed by atoms with Crippen molar-refractivity contribution in [2.75, 3.05) is 5.32 Å². The second kappa shape index (κ2) is 7.81. The van der Waals surface area contributed by atoms with Gasteiger partial charge in [-0.3, -0.25) is 14.6 Å². The lowest BCUT2D eigenvalue weighted by molar-refractivity contribution is -0.136. The maximum atomic E-state index is 13.2. The van der Waals surface area contributed by atoms with Crippen LogP contribution in [0.2, 0.25) is 0 Å². The molecule has 0 unspecified atom stereocenters. The van der Waals surface area contributed by atoms with E-state index in [-0.39, 0.29) is 12.4 Å². The third kappa shape index (κ3) is 3.74. The van der Waals surface area contributed by atoms with Crippen molar-refractivity contribution in [3.63, 3.8) is 0 Å². The SMILES string of the molecule is O=C(NCc1cccnc1)C(=O)Nc1c2c(nn1-c1ccc(F)cc1)CSC2. The fourth-order valence-corrected chi connectivity index (χ4v) is 3.87. The van der Waals surface area contributed by atoms with Crippen LogP contribution in [0, 0.1) is 5.82 Å². The number of anilines is 1. The molecule has 7 nitrogen and oxygen atoms in total. The predicted octanol–water partition coefficient (Wildman–Crippen LogP) is 2.41. The van der Waals surface area contributed by atoms with E-state index in [4.69, 9.17) is 0 Å². The molecular weight excluding hydrogens is 381 g/mol. The molecule has 1 aliphatic heterocycles. The van der Waals surface area contributed by atoms with Crippen molar-refractivity contribution < 1.29 is 14.0 Å². The Labute approximate surface area is 164 Å². The molecule has 3 heterocycles. The van der Waals surface area contributed by atoms with E-state index in [1.165, 1.54) is 16.8 Å². The zero-order chi connectivity index (χ0) is 19.5. The van der Waals surface area contributed by atoms with Gasteiger partial charge in [0.2, 0.25) is 0 Å². The number of hydrogen-bond donors (Lipinski definition) is 2. The molecule has 28 heavy (non-hydrogen) atoms. The van der Waals surface area contributed by atoms with Gasteiger partial charge in [0.1, 0.15) is 11.6 Å². The minimum Gasteiger partial charge on any atom is -0.344 e. The van der Waals surface area contributed by atoms with Gasteiger partial charge in [-0.05, 0) is 35.9 Å². The molecule has 0 radical (unpaired) electrons. The highest BCUT2D eigenvalue weighted by Gasteiger charge is 2.26. The number of aromatic nitrogens is 3. The molecule has 0 fully saturated rings.